The summed E-state index contributed by atoms with van der Waals surface area (Å²) in [5.41, 5.74) is 3.41. The van der Waals surface area contributed by atoms with Crippen molar-refractivity contribution in [2.24, 2.45) is 0 Å². The van der Waals surface area contributed by atoms with E-state index in [1.165, 1.54) is 32.1 Å². The van der Waals surface area contributed by atoms with Crippen LogP contribution in [0.4, 0.5) is 5.69 Å². The number of nitrogens with zero attached hydrogens (tertiary/aromatic N) is 2. The standard InChI is InChI=1S/C16H19BrN4/c17-11-8-14-15(19-10-11)13(3-6-18-14)21-12-2-7-20-16(9-12)4-1-5-16/h3,6,8,10,12,20H,1-2,4-5,7,9H2,(H,18,21). The van der Waals surface area contributed by atoms with Gasteiger partial charge in [0.1, 0.15) is 5.52 Å². The molecule has 0 radical (unpaired) electrons. The van der Waals surface area contributed by atoms with E-state index in [1.807, 2.05) is 24.5 Å². The fourth-order valence-electron chi connectivity index (χ4n) is 3.61. The van der Waals surface area contributed by atoms with Crippen LogP contribution in [0.15, 0.2) is 29.0 Å². The van der Waals surface area contributed by atoms with Crippen LogP contribution in [-0.4, -0.2) is 28.1 Å². The predicted molar refractivity (Wildman–Crippen MR) is 88.5 cm³/mol. The SMILES string of the molecule is Brc1cnc2c(NC3CCNC4(CCC4)C3)ccnc2c1. The molecule has 4 rings (SSSR count). The van der Waals surface area contributed by atoms with Crippen LogP contribution in [-0.2, 0) is 0 Å². The van der Waals surface area contributed by atoms with Gasteiger partial charge in [-0.15, -0.1) is 0 Å². The number of hydrogen-bond donors (Lipinski definition) is 2. The zero-order valence-corrected chi connectivity index (χ0v) is 13.5. The van der Waals surface area contributed by atoms with Crippen molar-refractivity contribution in [3.63, 3.8) is 0 Å². The molecule has 2 aliphatic rings. The number of piperidine rings is 1. The molecule has 1 spiro atoms. The molecular formula is C16H19BrN4. The topological polar surface area (TPSA) is 49.8 Å². The number of aromatic nitrogens is 2. The Morgan fingerprint density at radius 2 is 2.24 bits per heavy atom. The van der Waals surface area contributed by atoms with Crippen LogP contribution in [0.2, 0.25) is 0 Å². The molecule has 5 heteroatoms. The van der Waals surface area contributed by atoms with Crippen molar-refractivity contribution in [2.45, 2.75) is 43.7 Å². The van der Waals surface area contributed by atoms with Gasteiger partial charge in [0, 0.05) is 28.4 Å². The Bertz CT molecular complexity index is 668. The van der Waals surface area contributed by atoms with Gasteiger partial charge < -0.3 is 10.6 Å². The largest absolute Gasteiger partial charge is 0.380 e. The molecule has 2 aromatic rings. The van der Waals surface area contributed by atoms with Gasteiger partial charge in [0.15, 0.2) is 0 Å². The summed E-state index contributed by atoms with van der Waals surface area (Å²) in [5, 5.41) is 7.43. The fourth-order valence-corrected chi connectivity index (χ4v) is 3.93. The van der Waals surface area contributed by atoms with Crippen LogP contribution in [0.5, 0.6) is 0 Å². The lowest BCUT2D eigenvalue weighted by atomic mass is 9.70. The van der Waals surface area contributed by atoms with Crippen molar-refractivity contribution in [2.75, 3.05) is 11.9 Å². The highest BCUT2D eigenvalue weighted by Crippen LogP contribution is 2.39. The second-order valence-electron chi connectivity index (χ2n) is 6.27. The third kappa shape index (κ3) is 2.53. The molecule has 1 unspecified atom stereocenters. The van der Waals surface area contributed by atoms with Crippen molar-refractivity contribution in [1.29, 1.82) is 0 Å². The number of rotatable bonds is 2. The first-order chi connectivity index (χ1) is 10.2. The van der Waals surface area contributed by atoms with Crippen LogP contribution in [0, 0.1) is 0 Å². The summed E-state index contributed by atoms with van der Waals surface area (Å²) in [6.07, 6.45) is 10.1. The molecule has 0 aromatic carbocycles. The average Bonchev–Trinajstić information content (AvgIpc) is 2.46. The summed E-state index contributed by atoms with van der Waals surface area (Å²) in [7, 11) is 0. The molecule has 1 aliphatic heterocycles. The molecule has 2 fully saturated rings. The van der Waals surface area contributed by atoms with Crippen LogP contribution in [0.1, 0.15) is 32.1 Å². The Kier molecular flexibility index (Phi) is 3.34. The quantitative estimate of drug-likeness (QED) is 0.873. The Labute approximate surface area is 132 Å². The number of anilines is 1. The van der Waals surface area contributed by atoms with Gasteiger partial charge in [0.25, 0.3) is 0 Å². The molecule has 2 aromatic heterocycles. The van der Waals surface area contributed by atoms with Gasteiger partial charge in [-0.3, -0.25) is 9.97 Å². The molecule has 0 amide bonds. The molecule has 0 bridgehead atoms. The highest BCUT2D eigenvalue weighted by Gasteiger charge is 2.40. The zero-order chi connectivity index (χ0) is 14.3. The van der Waals surface area contributed by atoms with Crippen LogP contribution >= 0.6 is 15.9 Å². The summed E-state index contributed by atoms with van der Waals surface area (Å²) in [6, 6.07) is 4.59. The number of nitrogens with one attached hydrogen (secondary N) is 2. The van der Waals surface area contributed by atoms with Crippen molar-refractivity contribution in [3.05, 3.63) is 29.0 Å². The molecule has 1 saturated carbocycles. The normalized spacial score (nSPS) is 24.0. The number of halogens is 1. The summed E-state index contributed by atoms with van der Waals surface area (Å²) >= 11 is 3.46. The smallest absolute Gasteiger partial charge is 0.112 e. The predicted octanol–water partition coefficient (Wildman–Crippen LogP) is 3.48. The summed E-state index contributed by atoms with van der Waals surface area (Å²) in [5.74, 6) is 0. The van der Waals surface area contributed by atoms with E-state index < -0.39 is 0 Å². The lowest BCUT2D eigenvalue weighted by molar-refractivity contribution is 0.135. The molecular weight excluding hydrogens is 328 g/mol. The first kappa shape index (κ1) is 13.5. The van der Waals surface area contributed by atoms with Gasteiger partial charge in [-0.2, -0.15) is 0 Å². The average molecular weight is 347 g/mol. The molecule has 1 aliphatic carbocycles. The van der Waals surface area contributed by atoms with E-state index in [0.717, 1.165) is 27.7 Å². The van der Waals surface area contributed by atoms with E-state index in [-0.39, 0.29) is 0 Å². The molecule has 1 atom stereocenters. The molecule has 1 saturated heterocycles. The van der Waals surface area contributed by atoms with Crippen LogP contribution in [0.25, 0.3) is 11.0 Å². The van der Waals surface area contributed by atoms with Gasteiger partial charge in [-0.05, 0) is 66.7 Å². The van der Waals surface area contributed by atoms with Crippen LogP contribution < -0.4 is 10.6 Å². The van der Waals surface area contributed by atoms with Crippen molar-refractivity contribution < 1.29 is 0 Å². The van der Waals surface area contributed by atoms with Crippen molar-refractivity contribution in [1.82, 2.24) is 15.3 Å². The van der Waals surface area contributed by atoms with E-state index in [1.54, 1.807) is 0 Å². The highest BCUT2D eigenvalue weighted by molar-refractivity contribution is 9.10. The van der Waals surface area contributed by atoms with E-state index in [9.17, 15) is 0 Å². The van der Waals surface area contributed by atoms with Gasteiger partial charge >= 0.3 is 0 Å². The maximum atomic E-state index is 4.53. The first-order valence-electron chi connectivity index (χ1n) is 7.66. The Balaban J connectivity index is 1.59. The van der Waals surface area contributed by atoms with Gasteiger partial charge in [0.2, 0.25) is 0 Å². The first-order valence-corrected chi connectivity index (χ1v) is 8.45. The number of fused-ring (bicyclic) bond motifs is 1. The molecule has 21 heavy (non-hydrogen) atoms. The lowest BCUT2D eigenvalue weighted by Crippen LogP contribution is -2.58. The summed E-state index contributed by atoms with van der Waals surface area (Å²) in [4.78, 5) is 8.94. The van der Waals surface area contributed by atoms with E-state index in [0.29, 0.717) is 11.6 Å². The Morgan fingerprint density at radius 1 is 1.33 bits per heavy atom. The molecule has 110 valence electrons. The monoisotopic (exact) mass is 346 g/mol. The number of pyridine rings is 2. The third-order valence-corrected chi connectivity index (χ3v) is 5.28. The van der Waals surface area contributed by atoms with Gasteiger partial charge in [0.05, 0.1) is 11.2 Å². The minimum atomic E-state index is 0.412. The van der Waals surface area contributed by atoms with Crippen LogP contribution in [0.3, 0.4) is 0 Å². The minimum absolute atomic E-state index is 0.412. The Morgan fingerprint density at radius 3 is 3.05 bits per heavy atom. The van der Waals surface area contributed by atoms with E-state index in [2.05, 4.69) is 36.5 Å². The maximum absolute atomic E-state index is 4.53. The third-order valence-electron chi connectivity index (χ3n) is 4.84. The van der Waals surface area contributed by atoms with Crippen molar-refractivity contribution in [3.8, 4) is 0 Å². The van der Waals surface area contributed by atoms with Gasteiger partial charge in [-0.25, -0.2) is 0 Å². The van der Waals surface area contributed by atoms with Crippen molar-refractivity contribution >= 4 is 32.7 Å². The lowest BCUT2D eigenvalue weighted by Gasteiger charge is -2.48. The molecule has 2 N–H and O–H groups in total. The minimum Gasteiger partial charge on any atom is -0.380 e. The summed E-state index contributed by atoms with van der Waals surface area (Å²) in [6.45, 7) is 1.11. The highest BCUT2D eigenvalue weighted by atomic mass is 79.9. The van der Waals surface area contributed by atoms with Gasteiger partial charge in [-0.1, -0.05) is 0 Å². The summed E-state index contributed by atoms with van der Waals surface area (Å²) < 4.78 is 0.968. The molecule has 3 heterocycles. The zero-order valence-electron chi connectivity index (χ0n) is 11.9. The van der Waals surface area contributed by atoms with E-state index >= 15 is 0 Å². The second kappa shape index (κ2) is 5.21. The Hall–Kier alpha value is -1.20. The maximum Gasteiger partial charge on any atom is 0.112 e. The fraction of sp³-hybridized carbons (Fsp3) is 0.500. The number of hydrogen-bond acceptors (Lipinski definition) is 4. The van der Waals surface area contributed by atoms with E-state index in [4.69, 9.17) is 0 Å². The second-order valence-corrected chi connectivity index (χ2v) is 7.19. The molecule has 4 nitrogen and oxygen atoms in total.